The molecule has 7 heteroatoms. The third-order valence-corrected chi connectivity index (χ3v) is 3.33. The van der Waals surface area contributed by atoms with Crippen molar-refractivity contribution in [3.8, 4) is 0 Å². The average Bonchev–Trinajstić information content (AvgIpc) is 2.45. The Bertz CT molecular complexity index is 506. The van der Waals surface area contributed by atoms with Crippen LogP contribution in [-0.4, -0.2) is 53.0 Å². The summed E-state index contributed by atoms with van der Waals surface area (Å²) in [4.78, 5) is 6.35. The SMILES string of the molecule is Cc1ccnc(N2CC(C)OC(CO)C2)c1/C(N)=N/O. The van der Waals surface area contributed by atoms with Crippen molar-refractivity contribution in [2.24, 2.45) is 10.9 Å². The molecule has 0 saturated carbocycles. The van der Waals surface area contributed by atoms with Crippen molar-refractivity contribution in [3.05, 3.63) is 23.4 Å². The lowest BCUT2D eigenvalue weighted by molar-refractivity contribution is -0.0423. The standard InChI is InChI=1S/C13H20N4O3/c1-8-3-4-15-13(11(8)12(14)16-19)17-5-9(2)20-10(6-17)7-18/h3-4,9-10,18-19H,5-7H2,1-2H3,(H2,14,16). The second-order valence-corrected chi connectivity index (χ2v) is 4.97. The summed E-state index contributed by atoms with van der Waals surface area (Å²) < 4.78 is 5.61. The highest BCUT2D eigenvalue weighted by atomic mass is 16.5. The normalized spacial score (nSPS) is 23.9. The number of nitrogens with zero attached hydrogens (tertiary/aromatic N) is 3. The second kappa shape index (κ2) is 6.06. The minimum atomic E-state index is -0.263. The Labute approximate surface area is 117 Å². The van der Waals surface area contributed by atoms with E-state index in [-0.39, 0.29) is 24.7 Å². The van der Waals surface area contributed by atoms with E-state index in [0.29, 0.717) is 24.5 Å². The van der Waals surface area contributed by atoms with Crippen LogP contribution < -0.4 is 10.6 Å². The van der Waals surface area contributed by atoms with Gasteiger partial charge in [0.2, 0.25) is 0 Å². The minimum Gasteiger partial charge on any atom is -0.409 e. The van der Waals surface area contributed by atoms with Crippen LogP contribution in [0.2, 0.25) is 0 Å². The Morgan fingerprint density at radius 3 is 3.00 bits per heavy atom. The van der Waals surface area contributed by atoms with Crippen LogP contribution in [0.15, 0.2) is 17.4 Å². The van der Waals surface area contributed by atoms with E-state index in [0.717, 1.165) is 5.56 Å². The van der Waals surface area contributed by atoms with E-state index in [2.05, 4.69) is 10.1 Å². The quantitative estimate of drug-likeness (QED) is 0.313. The number of oxime groups is 1. The van der Waals surface area contributed by atoms with Crippen molar-refractivity contribution >= 4 is 11.7 Å². The van der Waals surface area contributed by atoms with Crippen molar-refractivity contribution < 1.29 is 15.1 Å². The lowest BCUT2D eigenvalue weighted by Gasteiger charge is -2.37. The maximum Gasteiger partial charge on any atom is 0.174 e. The lowest BCUT2D eigenvalue weighted by atomic mass is 10.1. The molecular weight excluding hydrogens is 260 g/mol. The van der Waals surface area contributed by atoms with Crippen LogP contribution in [0.4, 0.5) is 5.82 Å². The number of amidine groups is 1. The van der Waals surface area contributed by atoms with Gasteiger partial charge < -0.3 is 25.7 Å². The van der Waals surface area contributed by atoms with Gasteiger partial charge in [0.15, 0.2) is 5.84 Å². The number of nitrogens with two attached hydrogens (primary N) is 1. The number of hydrogen-bond acceptors (Lipinski definition) is 6. The largest absolute Gasteiger partial charge is 0.409 e. The average molecular weight is 280 g/mol. The monoisotopic (exact) mass is 280 g/mol. The molecule has 0 aromatic carbocycles. The summed E-state index contributed by atoms with van der Waals surface area (Å²) in [7, 11) is 0. The highest BCUT2D eigenvalue weighted by Gasteiger charge is 2.28. The molecule has 2 unspecified atom stereocenters. The summed E-state index contributed by atoms with van der Waals surface area (Å²) in [5, 5.41) is 21.3. The molecule has 4 N–H and O–H groups in total. The van der Waals surface area contributed by atoms with Crippen molar-refractivity contribution in [2.45, 2.75) is 26.1 Å². The van der Waals surface area contributed by atoms with Gasteiger partial charge in [-0.2, -0.15) is 0 Å². The van der Waals surface area contributed by atoms with Gasteiger partial charge in [-0.1, -0.05) is 5.16 Å². The molecule has 110 valence electrons. The fourth-order valence-corrected chi connectivity index (χ4v) is 2.47. The highest BCUT2D eigenvalue weighted by molar-refractivity contribution is 6.02. The number of aryl methyl sites for hydroxylation is 1. The predicted octanol–water partition coefficient (Wildman–Crippen LogP) is 0.0705. The number of aromatic nitrogens is 1. The highest BCUT2D eigenvalue weighted by Crippen LogP contribution is 2.24. The van der Waals surface area contributed by atoms with E-state index in [1.165, 1.54) is 0 Å². The summed E-state index contributed by atoms with van der Waals surface area (Å²) in [5.41, 5.74) is 7.25. The van der Waals surface area contributed by atoms with Crippen molar-refractivity contribution in [1.82, 2.24) is 4.98 Å². The van der Waals surface area contributed by atoms with Gasteiger partial charge in [0, 0.05) is 19.3 Å². The third kappa shape index (κ3) is 2.83. The van der Waals surface area contributed by atoms with E-state index in [9.17, 15) is 5.11 Å². The first-order chi connectivity index (χ1) is 9.56. The molecule has 1 aliphatic heterocycles. The summed E-state index contributed by atoms with van der Waals surface area (Å²) in [6.45, 7) is 4.92. The molecule has 0 radical (unpaired) electrons. The summed E-state index contributed by atoms with van der Waals surface area (Å²) in [5.74, 6) is 0.680. The first-order valence-corrected chi connectivity index (χ1v) is 6.51. The Kier molecular flexibility index (Phi) is 4.41. The molecule has 1 fully saturated rings. The summed E-state index contributed by atoms with van der Waals surface area (Å²) in [6.07, 6.45) is 1.40. The topological polar surface area (TPSA) is 104 Å². The third-order valence-electron chi connectivity index (χ3n) is 3.33. The predicted molar refractivity (Wildman–Crippen MR) is 75.1 cm³/mol. The fourth-order valence-electron chi connectivity index (χ4n) is 2.47. The van der Waals surface area contributed by atoms with Crippen LogP contribution in [0.3, 0.4) is 0 Å². The molecule has 20 heavy (non-hydrogen) atoms. The number of morpholine rings is 1. The van der Waals surface area contributed by atoms with Gasteiger partial charge in [-0.25, -0.2) is 4.98 Å². The van der Waals surface area contributed by atoms with E-state index >= 15 is 0 Å². The van der Waals surface area contributed by atoms with Crippen LogP contribution in [-0.2, 0) is 4.74 Å². The smallest absolute Gasteiger partial charge is 0.174 e. The van der Waals surface area contributed by atoms with Crippen LogP contribution >= 0.6 is 0 Å². The van der Waals surface area contributed by atoms with Gasteiger partial charge in [-0.15, -0.1) is 0 Å². The zero-order valence-corrected chi connectivity index (χ0v) is 11.7. The van der Waals surface area contributed by atoms with Crippen molar-refractivity contribution in [2.75, 3.05) is 24.6 Å². The Morgan fingerprint density at radius 2 is 2.35 bits per heavy atom. The number of anilines is 1. The fraction of sp³-hybridized carbons (Fsp3) is 0.538. The van der Waals surface area contributed by atoms with Gasteiger partial charge >= 0.3 is 0 Å². The first-order valence-electron chi connectivity index (χ1n) is 6.51. The maximum atomic E-state index is 9.29. The van der Waals surface area contributed by atoms with E-state index in [1.54, 1.807) is 6.20 Å². The van der Waals surface area contributed by atoms with Crippen LogP contribution in [0, 0.1) is 6.92 Å². The molecular formula is C13H20N4O3. The van der Waals surface area contributed by atoms with E-state index in [1.807, 2.05) is 24.8 Å². The molecule has 2 atom stereocenters. The number of aliphatic hydroxyl groups is 1. The summed E-state index contributed by atoms with van der Waals surface area (Å²) in [6, 6.07) is 1.81. The number of rotatable bonds is 3. The molecule has 2 rings (SSSR count). The Balaban J connectivity index is 2.39. The summed E-state index contributed by atoms with van der Waals surface area (Å²) >= 11 is 0. The van der Waals surface area contributed by atoms with Gasteiger partial charge in [-0.3, -0.25) is 0 Å². The van der Waals surface area contributed by atoms with Crippen LogP contribution in [0.1, 0.15) is 18.1 Å². The van der Waals surface area contributed by atoms with Gasteiger partial charge in [0.1, 0.15) is 5.82 Å². The zero-order chi connectivity index (χ0) is 14.7. The molecule has 1 saturated heterocycles. The molecule has 1 aromatic rings. The van der Waals surface area contributed by atoms with Crippen molar-refractivity contribution in [3.63, 3.8) is 0 Å². The number of pyridine rings is 1. The van der Waals surface area contributed by atoms with Crippen molar-refractivity contribution in [1.29, 1.82) is 0 Å². The number of ether oxygens (including phenoxy) is 1. The number of aliphatic hydroxyl groups excluding tert-OH is 1. The first kappa shape index (κ1) is 14.5. The molecule has 2 heterocycles. The van der Waals surface area contributed by atoms with Gasteiger partial charge in [0.25, 0.3) is 0 Å². The number of hydrogen-bond donors (Lipinski definition) is 3. The molecule has 0 spiro atoms. The maximum absolute atomic E-state index is 9.29. The molecule has 1 aliphatic rings. The van der Waals surface area contributed by atoms with Gasteiger partial charge in [-0.05, 0) is 25.5 Å². The lowest BCUT2D eigenvalue weighted by Crippen LogP contribution is -2.49. The molecule has 1 aromatic heterocycles. The van der Waals surface area contributed by atoms with Gasteiger partial charge in [0.05, 0.1) is 24.4 Å². The Morgan fingerprint density at radius 1 is 1.60 bits per heavy atom. The van der Waals surface area contributed by atoms with E-state index < -0.39 is 0 Å². The van der Waals surface area contributed by atoms with Crippen LogP contribution in [0.5, 0.6) is 0 Å². The molecule has 7 nitrogen and oxygen atoms in total. The molecule has 0 aliphatic carbocycles. The zero-order valence-electron chi connectivity index (χ0n) is 11.7. The Hall–Kier alpha value is -1.86. The minimum absolute atomic E-state index is 0.0247. The molecule has 0 bridgehead atoms. The van der Waals surface area contributed by atoms with Crippen LogP contribution in [0.25, 0.3) is 0 Å². The second-order valence-electron chi connectivity index (χ2n) is 4.97. The molecule has 0 amide bonds. The van der Waals surface area contributed by atoms with E-state index in [4.69, 9.17) is 15.7 Å².